The van der Waals surface area contributed by atoms with Crippen LogP contribution in [0, 0.1) is 0 Å². The maximum absolute atomic E-state index is 6.96. The fourth-order valence-corrected chi connectivity index (χ4v) is 7.26. The van der Waals surface area contributed by atoms with Crippen LogP contribution in [0.1, 0.15) is 29.4 Å². The molecule has 1 unspecified atom stereocenters. The van der Waals surface area contributed by atoms with Crippen molar-refractivity contribution in [1.29, 1.82) is 0 Å². The number of halogens is 1. The molecule has 4 atom stereocenters. The molecular weight excluding hydrogens is 408 g/mol. The van der Waals surface area contributed by atoms with Gasteiger partial charge in [0.2, 0.25) is 0 Å². The first-order valence-corrected chi connectivity index (χ1v) is 11.8. The first-order valence-electron chi connectivity index (χ1n) is 10.4. The molecule has 2 aliphatic carbocycles. The van der Waals surface area contributed by atoms with Crippen LogP contribution in [0.15, 0.2) is 100 Å². The molecule has 3 aromatic carbocycles. The Morgan fingerprint density at radius 1 is 0.700 bits per heavy atom. The highest BCUT2D eigenvalue weighted by Crippen LogP contribution is 2.65. The zero-order chi connectivity index (χ0) is 20.1. The number of hydrogen-bond acceptors (Lipinski definition) is 2. The van der Waals surface area contributed by atoms with Crippen LogP contribution < -0.4 is 0 Å². The van der Waals surface area contributed by atoms with Gasteiger partial charge in [0, 0.05) is 49.6 Å². The maximum Gasteiger partial charge on any atom is 0.138 e. The van der Waals surface area contributed by atoms with E-state index < -0.39 is 0 Å². The van der Waals surface area contributed by atoms with Gasteiger partial charge in [0.15, 0.2) is 0 Å². The van der Waals surface area contributed by atoms with E-state index in [1.165, 1.54) is 16.0 Å². The van der Waals surface area contributed by atoms with Crippen LogP contribution in [0.3, 0.4) is 0 Å². The van der Waals surface area contributed by atoms with Gasteiger partial charge in [-0.15, -0.1) is 23.4 Å². The number of thioether (sulfide) groups is 1. The normalized spacial score (nSPS) is 24.2. The first-order chi connectivity index (χ1) is 14.8. The third-order valence-electron chi connectivity index (χ3n) is 6.39. The zero-order valence-electron chi connectivity index (χ0n) is 16.4. The number of furan rings is 1. The van der Waals surface area contributed by atoms with Crippen LogP contribution in [0.5, 0.6) is 0 Å². The lowest BCUT2D eigenvalue weighted by Gasteiger charge is -2.19. The summed E-state index contributed by atoms with van der Waals surface area (Å²) in [5, 5.41) is 0.591. The van der Waals surface area contributed by atoms with Crippen LogP contribution >= 0.6 is 23.4 Å². The van der Waals surface area contributed by atoms with E-state index in [4.69, 9.17) is 16.0 Å². The monoisotopic (exact) mass is 428 g/mol. The first kappa shape index (κ1) is 18.4. The van der Waals surface area contributed by atoms with Crippen molar-refractivity contribution in [2.45, 2.75) is 33.8 Å². The van der Waals surface area contributed by atoms with Crippen LogP contribution in [0.4, 0.5) is 0 Å². The summed E-state index contributed by atoms with van der Waals surface area (Å²) in [6.45, 7) is 0. The predicted octanol–water partition coefficient (Wildman–Crippen LogP) is 7.97. The Hall–Kier alpha value is -2.42. The lowest BCUT2D eigenvalue weighted by molar-refractivity contribution is 0.580. The lowest BCUT2D eigenvalue weighted by Crippen LogP contribution is -2.12. The quantitative estimate of drug-likeness (QED) is 0.306. The van der Waals surface area contributed by atoms with Gasteiger partial charge in [-0.05, 0) is 18.6 Å². The van der Waals surface area contributed by atoms with Gasteiger partial charge in [0.05, 0.1) is 0 Å². The predicted molar refractivity (Wildman–Crippen MR) is 125 cm³/mol. The summed E-state index contributed by atoms with van der Waals surface area (Å²) < 4.78 is 6.62. The summed E-state index contributed by atoms with van der Waals surface area (Å²) in [7, 11) is 0. The molecule has 148 valence electrons. The van der Waals surface area contributed by atoms with Crippen LogP contribution in [0.25, 0.3) is 22.6 Å². The van der Waals surface area contributed by atoms with Crippen molar-refractivity contribution in [3.63, 3.8) is 0 Å². The highest BCUT2D eigenvalue weighted by molar-refractivity contribution is 8.00. The summed E-state index contributed by atoms with van der Waals surface area (Å²) in [6.07, 6.45) is 1.01. The summed E-state index contributed by atoms with van der Waals surface area (Å²) in [5.41, 5.74) is 5.01. The summed E-state index contributed by atoms with van der Waals surface area (Å²) >= 11 is 8.93. The molecule has 0 radical (unpaired) electrons. The van der Waals surface area contributed by atoms with Crippen LogP contribution in [0.2, 0.25) is 0 Å². The molecule has 3 heteroatoms. The SMILES string of the molecule is Cl[C@@H]1C[C@H]2c3c(-c4ccccc4)oc(-c4ccccc4)c3[C@@H]1C2Sc1ccccc1. The van der Waals surface area contributed by atoms with Crippen LogP contribution in [-0.2, 0) is 0 Å². The minimum Gasteiger partial charge on any atom is -0.455 e. The molecule has 1 nitrogen and oxygen atoms in total. The lowest BCUT2D eigenvalue weighted by atomic mass is 9.89. The van der Waals surface area contributed by atoms with Crippen molar-refractivity contribution in [2.24, 2.45) is 0 Å². The molecular formula is C27H21ClOS. The number of rotatable bonds is 4. The fourth-order valence-electron chi connectivity index (χ4n) is 5.18. The van der Waals surface area contributed by atoms with E-state index in [2.05, 4.69) is 91.0 Å². The van der Waals surface area contributed by atoms with Gasteiger partial charge in [-0.1, -0.05) is 78.9 Å². The van der Waals surface area contributed by atoms with Gasteiger partial charge in [-0.3, -0.25) is 0 Å². The van der Waals surface area contributed by atoms with Gasteiger partial charge >= 0.3 is 0 Å². The smallest absolute Gasteiger partial charge is 0.138 e. The Morgan fingerprint density at radius 3 is 1.83 bits per heavy atom. The maximum atomic E-state index is 6.96. The molecule has 4 aromatic rings. The second-order valence-electron chi connectivity index (χ2n) is 8.10. The van der Waals surface area contributed by atoms with Crippen molar-refractivity contribution >= 4 is 23.4 Å². The number of hydrogen-bond donors (Lipinski definition) is 0. The summed E-state index contributed by atoms with van der Waals surface area (Å²) in [4.78, 5) is 1.31. The Bertz CT molecular complexity index is 1170. The molecule has 0 amide bonds. The van der Waals surface area contributed by atoms with Gasteiger partial charge < -0.3 is 4.42 Å². The van der Waals surface area contributed by atoms with Crippen molar-refractivity contribution in [3.05, 3.63) is 102 Å². The molecule has 2 bridgehead atoms. The molecule has 2 aliphatic rings. The molecule has 1 aromatic heterocycles. The molecule has 0 aliphatic heterocycles. The standard InChI is InChI=1S/C27H21ClOS/c28-21-16-20-22-24(23(21)27(20)30-19-14-8-3-9-15-19)26(18-12-6-2-7-13-18)29-25(22)17-10-4-1-5-11-17/h1-15,20-21,23,27H,16H2/t20-,21+,23+,27?/m0/s1. The minimum atomic E-state index is 0.146. The Morgan fingerprint density at radius 2 is 1.23 bits per heavy atom. The fraction of sp³-hybridized carbons (Fsp3) is 0.185. The van der Waals surface area contributed by atoms with E-state index in [0.29, 0.717) is 17.1 Å². The largest absolute Gasteiger partial charge is 0.455 e. The van der Waals surface area contributed by atoms with Crippen molar-refractivity contribution in [3.8, 4) is 22.6 Å². The minimum absolute atomic E-state index is 0.146. The summed E-state index contributed by atoms with van der Waals surface area (Å²) in [6, 6.07) is 31.7. The molecule has 0 saturated heterocycles. The third kappa shape index (κ3) is 2.85. The highest BCUT2D eigenvalue weighted by atomic mass is 35.5. The molecule has 0 N–H and O–H groups in total. The van der Waals surface area contributed by atoms with Crippen molar-refractivity contribution in [1.82, 2.24) is 0 Å². The van der Waals surface area contributed by atoms with E-state index in [-0.39, 0.29) is 5.38 Å². The molecule has 1 saturated carbocycles. The van der Waals surface area contributed by atoms with E-state index in [1.54, 1.807) is 0 Å². The zero-order valence-corrected chi connectivity index (χ0v) is 17.9. The molecule has 6 rings (SSSR count). The van der Waals surface area contributed by atoms with Crippen LogP contribution in [-0.4, -0.2) is 10.6 Å². The highest BCUT2D eigenvalue weighted by Gasteiger charge is 2.55. The van der Waals surface area contributed by atoms with E-state index in [0.717, 1.165) is 29.1 Å². The average Bonchev–Trinajstić information content (AvgIpc) is 3.43. The van der Waals surface area contributed by atoms with E-state index >= 15 is 0 Å². The number of benzene rings is 3. The second kappa shape index (κ2) is 7.37. The molecule has 30 heavy (non-hydrogen) atoms. The van der Waals surface area contributed by atoms with E-state index in [1.807, 2.05) is 11.8 Å². The molecule has 1 heterocycles. The Labute approximate surface area is 186 Å². The van der Waals surface area contributed by atoms with E-state index in [9.17, 15) is 0 Å². The number of fused-ring (bicyclic) bond motifs is 5. The Balaban J connectivity index is 1.52. The van der Waals surface area contributed by atoms with Gasteiger partial charge in [-0.25, -0.2) is 0 Å². The van der Waals surface area contributed by atoms with Crippen molar-refractivity contribution < 1.29 is 4.42 Å². The third-order valence-corrected chi connectivity index (χ3v) is 8.28. The molecule has 0 spiro atoms. The van der Waals surface area contributed by atoms with Gasteiger partial charge in [0.25, 0.3) is 0 Å². The van der Waals surface area contributed by atoms with Gasteiger partial charge in [-0.2, -0.15) is 0 Å². The number of alkyl halides is 1. The van der Waals surface area contributed by atoms with Gasteiger partial charge in [0.1, 0.15) is 11.5 Å². The second-order valence-corrected chi connectivity index (χ2v) is 9.91. The average molecular weight is 429 g/mol. The topological polar surface area (TPSA) is 13.1 Å². The van der Waals surface area contributed by atoms with Crippen molar-refractivity contribution in [2.75, 3.05) is 0 Å². The Kier molecular flexibility index (Phi) is 4.51. The molecule has 1 fully saturated rings. The summed E-state index contributed by atoms with van der Waals surface area (Å²) in [5.74, 6) is 2.74.